The van der Waals surface area contributed by atoms with Crippen LogP contribution >= 0.6 is 0 Å². The number of nitrogens with zero attached hydrogens (tertiary/aromatic N) is 1. The van der Waals surface area contributed by atoms with Crippen molar-refractivity contribution in [2.45, 2.75) is 18.9 Å². The fourth-order valence-corrected chi connectivity index (χ4v) is 2.91. The van der Waals surface area contributed by atoms with Crippen LogP contribution in [-0.2, 0) is 4.74 Å². The van der Waals surface area contributed by atoms with Gasteiger partial charge in [0.1, 0.15) is 5.82 Å². The molecule has 0 aliphatic carbocycles. The molecule has 1 amide bonds. The number of aromatic nitrogens is 1. The number of benzene rings is 1. The molecule has 0 spiro atoms. The summed E-state index contributed by atoms with van der Waals surface area (Å²) in [6, 6.07) is 9.30. The molecule has 3 rings (SSSR count). The van der Waals surface area contributed by atoms with Crippen LogP contribution in [0, 0.1) is 11.7 Å². The van der Waals surface area contributed by atoms with Gasteiger partial charge in [-0.3, -0.25) is 9.78 Å². The molecule has 1 aromatic heterocycles. The van der Waals surface area contributed by atoms with E-state index in [9.17, 15) is 9.18 Å². The number of carbonyl (C=O) groups is 1. The molecule has 1 aliphatic heterocycles. The van der Waals surface area contributed by atoms with E-state index in [1.807, 2.05) is 12.1 Å². The van der Waals surface area contributed by atoms with E-state index >= 15 is 0 Å². The van der Waals surface area contributed by atoms with Gasteiger partial charge in [0.15, 0.2) is 0 Å². The lowest BCUT2D eigenvalue weighted by atomic mass is 9.87. The van der Waals surface area contributed by atoms with Gasteiger partial charge in [-0.2, -0.15) is 0 Å². The van der Waals surface area contributed by atoms with Crippen molar-refractivity contribution < 1.29 is 13.9 Å². The molecule has 2 heterocycles. The van der Waals surface area contributed by atoms with Crippen molar-refractivity contribution >= 4 is 5.91 Å². The highest BCUT2D eigenvalue weighted by molar-refractivity contribution is 5.94. The molecular weight excluding hydrogens is 295 g/mol. The van der Waals surface area contributed by atoms with Gasteiger partial charge in [-0.1, -0.05) is 6.07 Å². The molecule has 0 saturated carbocycles. The summed E-state index contributed by atoms with van der Waals surface area (Å²) in [4.78, 5) is 16.7. The first-order valence-corrected chi connectivity index (χ1v) is 7.78. The summed E-state index contributed by atoms with van der Waals surface area (Å²) in [5.74, 6) is -0.252. The molecule has 2 aromatic rings. The molecule has 0 bridgehead atoms. The number of amides is 1. The molecular formula is C18H19FN2O2. The van der Waals surface area contributed by atoms with E-state index in [0.29, 0.717) is 24.7 Å². The Morgan fingerprint density at radius 3 is 2.61 bits per heavy atom. The zero-order valence-electron chi connectivity index (χ0n) is 12.7. The van der Waals surface area contributed by atoms with Crippen molar-refractivity contribution in [2.24, 2.45) is 5.92 Å². The van der Waals surface area contributed by atoms with E-state index < -0.39 is 0 Å². The third-order valence-electron chi connectivity index (χ3n) is 4.17. The van der Waals surface area contributed by atoms with Crippen LogP contribution in [0.4, 0.5) is 4.39 Å². The molecule has 5 heteroatoms. The van der Waals surface area contributed by atoms with Crippen molar-refractivity contribution in [2.75, 3.05) is 13.2 Å². The van der Waals surface area contributed by atoms with E-state index in [-0.39, 0.29) is 17.8 Å². The quantitative estimate of drug-likeness (QED) is 0.943. The minimum absolute atomic E-state index is 0.120. The molecule has 1 atom stereocenters. The number of carbonyl (C=O) groups excluding carboxylic acids is 1. The lowest BCUT2D eigenvalue weighted by Crippen LogP contribution is -2.36. The summed E-state index contributed by atoms with van der Waals surface area (Å²) in [7, 11) is 0. The predicted octanol–water partition coefficient (Wildman–Crippen LogP) is 3.12. The Balaban J connectivity index is 1.80. The number of hydrogen-bond donors (Lipinski definition) is 1. The van der Waals surface area contributed by atoms with Crippen LogP contribution in [0.25, 0.3) is 0 Å². The molecule has 1 N–H and O–H groups in total. The number of pyridine rings is 1. The molecule has 4 nitrogen and oxygen atoms in total. The average molecular weight is 314 g/mol. The largest absolute Gasteiger partial charge is 0.381 e. The number of rotatable bonds is 4. The van der Waals surface area contributed by atoms with Gasteiger partial charge in [0, 0.05) is 31.2 Å². The van der Waals surface area contributed by atoms with E-state index in [2.05, 4.69) is 10.3 Å². The predicted molar refractivity (Wildman–Crippen MR) is 84.4 cm³/mol. The monoisotopic (exact) mass is 314 g/mol. The van der Waals surface area contributed by atoms with E-state index in [1.54, 1.807) is 12.4 Å². The van der Waals surface area contributed by atoms with Crippen LogP contribution in [0.2, 0.25) is 0 Å². The normalized spacial score (nSPS) is 16.7. The van der Waals surface area contributed by atoms with Crippen molar-refractivity contribution in [1.29, 1.82) is 0 Å². The van der Waals surface area contributed by atoms with Crippen molar-refractivity contribution in [3.63, 3.8) is 0 Å². The van der Waals surface area contributed by atoms with E-state index in [4.69, 9.17) is 4.74 Å². The second-order valence-corrected chi connectivity index (χ2v) is 5.69. The Labute approximate surface area is 134 Å². The van der Waals surface area contributed by atoms with E-state index in [0.717, 1.165) is 18.4 Å². The van der Waals surface area contributed by atoms with Gasteiger partial charge in [-0.15, -0.1) is 0 Å². The fraction of sp³-hybridized carbons (Fsp3) is 0.333. The third kappa shape index (κ3) is 3.93. The zero-order valence-corrected chi connectivity index (χ0v) is 12.7. The molecule has 23 heavy (non-hydrogen) atoms. The topological polar surface area (TPSA) is 51.2 Å². The summed E-state index contributed by atoms with van der Waals surface area (Å²) >= 11 is 0. The Bertz CT molecular complexity index is 640. The summed E-state index contributed by atoms with van der Waals surface area (Å²) in [5.41, 5.74) is 1.43. The molecule has 1 aromatic carbocycles. The van der Waals surface area contributed by atoms with Gasteiger partial charge in [-0.05, 0) is 54.7 Å². The van der Waals surface area contributed by atoms with Crippen LogP contribution in [0.15, 0.2) is 48.8 Å². The first-order chi connectivity index (χ1) is 11.2. The molecule has 1 unspecified atom stereocenters. The summed E-state index contributed by atoms with van der Waals surface area (Å²) < 4.78 is 18.4. The standard InChI is InChI=1S/C18H19FN2O2/c19-16-5-3-14(4-6-16)18(22)21-17(13-7-10-23-11-8-13)15-2-1-9-20-12-15/h1-6,9,12-13,17H,7-8,10-11H2,(H,21,22). The maximum absolute atomic E-state index is 13.0. The second kappa shape index (κ2) is 7.33. The van der Waals surface area contributed by atoms with Crippen LogP contribution in [0.5, 0.6) is 0 Å². The number of halogens is 1. The van der Waals surface area contributed by atoms with Gasteiger partial charge >= 0.3 is 0 Å². The first-order valence-electron chi connectivity index (χ1n) is 7.78. The first kappa shape index (κ1) is 15.6. The SMILES string of the molecule is O=C(NC(c1cccnc1)C1CCOCC1)c1ccc(F)cc1. The third-order valence-corrected chi connectivity index (χ3v) is 4.17. The maximum Gasteiger partial charge on any atom is 0.251 e. The average Bonchev–Trinajstić information content (AvgIpc) is 2.61. The smallest absolute Gasteiger partial charge is 0.251 e. The van der Waals surface area contributed by atoms with Crippen LogP contribution < -0.4 is 5.32 Å². The Morgan fingerprint density at radius 1 is 1.22 bits per heavy atom. The van der Waals surface area contributed by atoms with Gasteiger partial charge in [0.25, 0.3) is 5.91 Å². The number of ether oxygens (including phenoxy) is 1. The lowest BCUT2D eigenvalue weighted by Gasteiger charge is -2.31. The highest BCUT2D eigenvalue weighted by atomic mass is 19.1. The van der Waals surface area contributed by atoms with Crippen molar-refractivity contribution in [3.8, 4) is 0 Å². The van der Waals surface area contributed by atoms with Crippen molar-refractivity contribution in [3.05, 3.63) is 65.7 Å². The van der Waals surface area contributed by atoms with Gasteiger partial charge in [-0.25, -0.2) is 4.39 Å². The molecule has 1 saturated heterocycles. The molecule has 1 fully saturated rings. The molecule has 1 aliphatic rings. The van der Waals surface area contributed by atoms with Gasteiger partial charge in [0.2, 0.25) is 0 Å². The van der Waals surface area contributed by atoms with Crippen LogP contribution in [0.3, 0.4) is 0 Å². The number of hydrogen-bond acceptors (Lipinski definition) is 3. The summed E-state index contributed by atoms with van der Waals surface area (Å²) in [5, 5.41) is 3.08. The Hall–Kier alpha value is -2.27. The van der Waals surface area contributed by atoms with E-state index in [1.165, 1.54) is 24.3 Å². The maximum atomic E-state index is 13.0. The summed E-state index contributed by atoms with van der Waals surface area (Å²) in [6.07, 6.45) is 5.28. The minimum atomic E-state index is -0.352. The summed E-state index contributed by atoms with van der Waals surface area (Å²) in [6.45, 7) is 1.40. The van der Waals surface area contributed by atoms with Crippen molar-refractivity contribution in [1.82, 2.24) is 10.3 Å². The minimum Gasteiger partial charge on any atom is -0.381 e. The highest BCUT2D eigenvalue weighted by Gasteiger charge is 2.27. The molecule has 120 valence electrons. The highest BCUT2D eigenvalue weighted by Crippen LogP contribution is 2.30. The second-order valence-electron chi connectivity index (χ2n) is 5.69. The lowest BCUT2D eigenvalue weighted by molar-refractivity contribution is 0.0513. The van der Waals surface area contributed by atoms with Crippen LogP contribution in [0.1, 0.15) is 34.8 Å². The molecule has 0 radical (unpaired) electrons. The Morgan fingerprint density at radius 2 is 1.96 bits per heavy atom. The van der Waals surface area contributed by atoms with Gasteiger partial charge in [0.05, 0.1) is 6.04 Å². The number of nitrogens with one attached hydrogen (secondary N) is 1. The van der Waals surface area contributed by atoms with Gasteiger partial charge < -0.3 is 10.1 Å². The van der Waals surface area contributed by atoms with Crippen LogP contribution in [-0.4, -0.2) is 24.1 Å². The zero-order chi connectivity index (χ0) is 16.1. The fourth-order valence-electron chi connectivity index (χ4n) is 2.91. The Kier molecular flexibility index (Phi) is 4.98.